The number of hydrogen-bond acceptors (Lipinski definition) is 2. The molecule has 3 aliphatic carbocycles. The van der Waals surface area contributed by atoms with Crippen molar-refractivity contribution in [3.05, 3.63) is 234 Å². The number of benzene rings is 9. The van der Waals surface area contributed by atoms with Gasteiger partial charge in [-0.1, -0.05) is 166 Å². The standard InChI is InChI=1S/C58H39NO/c1-57(2)48-21-9-3-16-40(48)44-31-28-37(34-52(44)57)59(54-25-13-7-15-39(54)36-27-30-47-46-20-8-14-26-55(46)60-56(47)33-36)38-29-32-45-43-19-6-12-24-51(43)58(53(45)35-38)49-22-10-4-17-41(49)42-18-5-11-23-50(42)58/h3-35H,1-2H3. The summed E-state index contributed by atoms with van der Waals surface area (Å²) in [5.41, 5.74) is 22.7. The summed E-state index contributed by atoms with van der Waals surface area (Å²) in [6, 6.07) is 74.3. The van der Waals surface area contributed by atoms with E-state index < -0.39 is 5.41 Å². The highest BCUT2D eigenvalue weighted by atomic mass is 16.3. The minimum Gasteiger partial charge on any atom is -0.456 e. The Morgan fingerprint density at radius 1 is 0.350 bits per heavy atom. The van der Waals surface area contributed by atoms with E-state index in [9.17, 15) is 0 Å². The molecule has 1 heterocycles. The van der Waals surface area contributed by atoms with Crippen LogP contribution in [0.15, 0.2) is 205 Å². The van der Waals surface area contributed by atoms with Crippen molar-refractivity contribution in [2.75, 3.05) is 4.90 Å². The van der Waals surface area contributed by atoms with Gasteiger partial charge in [0.1, 0.15) is 11.2 Å². The molecule has 1 spiro atoms. The lowest BCUT2D eigenvalue weighted by atomic mass is 9.70. The maximum atomic E-state index is 6.47. The number of furan rings is 1. The zero-order valence-electron chi connectivity index (χ0n) is 33.4. The van der Waals surface area contributed by atoms with Crippen LogP contribution in [0.3, 0.4) is 0 Å². The van der Waals surface area contributed by atoms with E-state index in [-0.39, 0.29) is 5.41 Å². The Morgan fingerprint density at radius 2 is 0.817 bits per heavy atom. The third kappa shape index (κ3) is 4.32. The van der Waals surface area contributed by atoms with Crippen LogP contribution in [0.4, 0.5) is 17.1 Å². The van der Waals surface area contributed by atoms with Crippen molar-refractivity contribution >= 4 is 39.0 Å². The Hall–Kier alpha value is -7.42. The molecule has 0 saturated carbocycles. The van der Waals surface area contributed by atoms with Crippen LogP contribution in [0.25, 0.3) is 66.4 Å². The van der Waals surface area contributed by atoms with Crippen LogP contribution in [0.2, 0.25) is 0 Å². The van der Waals surface area contributed by atoms with Crippen molar-refractivity contribution in [1.29, 1.82) is 0 Å². The Balaban J connectivity index is 1.08. The van der Waals surface area contributed by atoms with Gasteiger partial charge >= 0.3 is 0 Å². The van der Waals surface area contributed by atoms with Crippen molar-refractivity contribution in [1.82, 2.24) is 0 Å². The van der Waals surface area contributed by atoms with Crippen molar-refractivity contribution in [3.63, 3.8) is 0 Å². The van der Waals surface area contributed by atoms with Gasteiger partial charge in [-0.15, -0.1) is 0 Å². The first-order valence-corrected chi connectivity index (χ1v) is 21.0. The van der Waals surface area contributed by atoms with Gasteiger partial charge in [-0.2, -0.15) is 0 Å². The van der Waals surface area contributed by atoms with E-state index in [0.717, 1.165) is 50.1 Å². The molecule has 3 aliphatic rings. The van der Waals surface area contributed by atoms with Gasteiger partial charge in [0.25, 0.3) is 0 Å². The van der Waals surface area contributed by atoms with Crippen molar-refractivity contribution in [3.8, 4) is 44.5 Å². The average Bonchev–Trinajstić information content (AvgIpc) is 3.98. The third-order valence-corrected chi connectivity index (χ3v) is 13.9. The van der Waals surface area contributed by atoms with Gasteiger partial charge < -0.3 is 9.32 Å². The summed E-state index contributed by atoms with van der Waals surface area (Å²) in [7, 11) is 0. The van der Waals surface area contributed by atoms with E-state index in [2.05, 4.69) is 213 Å². The fraction of sp³-hybridized carbons (Fsp3) is 0.0690. The second kappa shape index (κ2) is 12.1. The maximum Gasteiger partial charge on any atom is 0.136 e. The smallest absolute Gasteiger partial charge is 0.136 e. The van der Waals surface area contributed by atoms with Crippen molar-refractivity contribution < 1.29 is 4.42 Å². The van der Waals surface area contributed by atoms with Crippen LogP contribution in [-0.2, 0) is 10.8 Å². The number of nitrogens with zero attached hydrogens (tertiary/aromatic N) is 1. The quantitative estimate of drug-likeness (QED) is 0.177. The molecule has 10 aromatic rings. The van der Waals surface area contributed by atoms with Gasteiger partial charge in [-0.05, 0) is 121 Å². The van der Waals surface area contributed by atoms with Gasteiger partial charge in [0.05, 0.1) is 11.1 Å². The summed E-state index contributed by atoms with van der Waals surface area (Å²) < 4.78 is 6.47. The monoisotopic (exact) mass is 765 g/mol. The van der Waals surface area contributed by atoms with Crippen LogP contribution in [0.5, 0.6) is 0 Å². The Kier molecular flexibility index (Phi) is 6.74. The topological polar surface area (TPSA) is 16.4 Å². The third-order valence-electron chi connectivity index (χ3n) is 13.9. The van der Waals surface area contributed by atoms with Crippen molar-refractivity contribution in [2.24, 2.45) is 0 Å². The number of hydrogen-bond donors (Lipinski definition) is 0. The summed E-state index contributed by atoms with van der Waals surface area (Å²) in [5.74, 6) is 0. The fourth-order valence-electron chi connectivity index (χ4n) is 11.3. The molecule has 0 saturated heterocycles. The molecule has 0 N–H and O–H groups in total. The maximum absolute atomic E-state index is 6.47. The van der Waals surface area contributed by atoms with Crippen LogP contribution < -0.4 is 4.90 Å². The predicted molar refractivity (Wildman–Crippen MR) is 248 cm³/mol. The minimum atomic E-state index is -0.450. The van der Waals surface area contributed by atoms with E-state index >= 15 is 0 Å². The van der Waals surface area contributed by atoms with Crippen LogP contribution in [0, 0.1) is 0 Å². The summed E-state index contributed by atoms with van der Waals surface area (Å²) in [4.78, 5) is 2.50. The Bertz CT molecular complexity index is 3370. The van der Waals surface area contributed by atoms with Gasteiger partial charge in [-0.3, -0.25) is 0 Å². The molecular weight excluding hydrogens is 727 g/mol. The van der Waals surface area contributed by atoms with Crippen molar-refractivity contribution in [2.45, 2.75) is 24.7 Å². The van der Waals surface area contributed by atoms with Crippen LogP contribution in [0.1, 0.15) is 47.2 Å². The molecule has 282 valence electrons. The molecule has 0 atom stereocenters. The average molecular weight is 766 g/mol. The molecule has 0 fully saturated rings. The molecule has 0 unspecified atom stereocenters. The van der Waals surface area contributed by atoms with Gasteiger partial charge in [0.2, 0.25) is 0 Å². The molecule has 0 bridgehead atoms. The highest BCUT2D eigenvalue weighted by Crippen LogP contribution is 2.63. The fourth-order valence-corrected chi connectivity index (χ4v) is 11.3. The second-order valence-corrected chi connectivity index (χ2v) is 17.2. The minimum absolute atomic E-state index is 0.152. The van der Waals surface area contributed by atoms with E-state index in [0.29, 0.717) is 0 Å². The molecule has 0 radical (unpaired) electrons. The SMILES string of the molecule is CC1(C)c2ccccc2-c2ccc(N(c3ccc4c(c3)C3(c5ccccc5-c5ccccc53)c3ccccc3-4)c3ccccc3-c3ccc4c(c3)oc3ccccc34)cc21. The predicted octanol–water partition coefficient (Wildman–Crippen LogP) is 15.4. The molecule has 1 aromatic heterocycles. The number of fused-ring (bicyclic) bond motifs is 16. The molecule has 9 aromatic carbocycles. The lowest BCUT2D eigenvalue weighted by molar-refractivity contribution is 0.660. The molecule has 13 rings (SSSR count). The second-order valence-electron chi connectivity index (χ2n) is 17.2. The van der Waals surface area contributed by atoms with Crippen LogP contribution >= 0.6 is 0 Å². The van der Waals surface area contributed by atoms with E-state index in [1.54, 1.807) is 0 Å². The highest BCUT2D eigenvalue weighted by molar-refractivity contribution is 6.06. The Morgan fingerprint density at radius 3 is 1.47 bits per heavy atom. The number of rotatable bonds is 4. The van der Waals surface area contributed by atoms with E-state index in [4.69, 9.17) is 4.42 Å². The van der Waals surface area contributed by atoms with Gasteiger partial charge in [0.15, 0.2) is 0 Å². The van der Waals surface area contributed by atoms with Crippen LogP contribution in [-0.4, -0.2) is 0 Å². The first-order valence-electron chi connectivity index (χ1n) is 21.0. The Labute approximate surface area is 349 Å². The number of para-hydroxylation sites is 2. The van der Waals surface area contributed by atoms with Gasteiger partial charge in [0, 0.05) is 33.1 Å². The summed E-state index contributed by atoms with van der Waals surface area (Å²) in [6.07, 6.45) is 0. The normalized spacial score (nSPS) is 14.4. The molecule has 0 aliphatic heterocycles. The summed E-state index contributed by atoms with van der Waals surface area (Å²) in [6.45, 7) is 4.74. The van der Waals surface area contributed by atoms with E-state index in [1.165, 1.54) is 66.8 Å². The summed E-state index contributed by atoms with van der Waals surface area (Å²) >= 11 is 0. The summed E-state index contributed by atoms with van der Waals surface area (Å²) in [5, 5.41) is 2.27. The zero-order chi connectivity index (χ0) is 39.7. The largest absolute Gasteiger partial charge is 0.456 e. The first kappa shape index (κ1) is 33.5. The molecule has 60 heavy (non-hydrogen) atoms. The lowest BCUT2D eigenvalue weighted by Gasteiger charge is -2.33. The molecule has 0 amide bonds. The molecular formula is C58H39NO. The number of anilines is 3. The molecule has 2 nitrogen and oxygen atoms in total. The zero-order valence-corrected chi connectivity index (χ0v) is 33.4. The lowest BCUT2D eigenvalue weighted by Crippen LogP contribution is -2.26. The molecule has 2 heteroatoms. The first-order chi connectivity index (χ1) is 29.5. The highest BCUT2D eigenvalue weighted by Gasteiger charge is 2.51. The van der Waals surface area contributed by atoms with E-state index in [1.807, 2.05) is 6.07 Å². The van der Waals surface area contributed by atoms with Gasteiger partial charge in [-0.25, -0.2) is 0 Å².